The van der Waals surface area contributed by atoms with Crippen LogP contribution in [0.3, 0.4) is 0 Å². The number of aliphatic hydroxyl groups is 2. The van der Waals surface area contributed by atoms with E-state index in [1.54, 1.807) is 50.6 Å². The van der Waals surface area contributed by atoms with Crippen LogP contribution in [0.4, 0.5) is 0 Å². The van der Waals surface area contributed by atoms with E-state index >= 15 is 0 Å². The molecule has 0 amide bonds. The Balaban J connectivity index is 1.02. The Hall–Kier alpha value is -5.10. The fraction of sp³-hybridized carbons (Fsp3) is 0.381. The molecule has 0 radical (unpaired) electrons. The van der Waals surface area contributed by atoms with Crippen LogP contribution < -0.4 is 20.7 Å². The summed E-state index contributed by atoms with van der Waals surface area (Å²) >= 11 is 0. The second kappa shape index (κ2) is 15.5. The molecule has 280 valence electrons. The summed E-state index contributed by atoms with van der Waals surface area (Å²) in [6.45, 7) is 11.6. The van der Waals surface area contributed by atoms with E-state index in [-0.39, 0.29) is 13.2 Å². The molecule has 0 unspecified atom stereocenters. The summed E-state index contributed by atoms with van der Waals surface area (Å²) in [5, 5.41) is 25.2. The van der Waals surface area contributed by atoms with Gasteiger partial charge < -0.3 is 42.1 Å². The first kappa shape index (κ1) is 37.7. The summed E-state index contributed by atoms with van der Waals surface area (Å²) in [5.41, 5.74) is 0.952. The minimum absolute atomic E-state index is 0.271. The number of furan rings is 2. The first-order valence-corrected chi connectivity index (χ1v) is 17.7. The van der Waals surface area contributed by atoms with Gasteiger partial charge in [-0.3, -0.25) is 0 Å². The minimum atomic E-state index is -1.16. The summed E-state index contributed by atoms with van der Waals surface area (Å²) in [4.78, 5) is 23.6. The highest BCUT2D eigenvalue weighted by Gasteiger charge is 2.37. The third-order valence-corrected chi connectivity index (χ3v) is 9.59. The topological polar surface area (TPSA) is 155 Å². The minimum Gasteiger partial charge on any atom is -0.488 e. The van der Waals surface area contributed by atoms with Crippen molar-refractivity contribution in [2.75, 3.05) is 13.2 Å². The zero-order valence-corrected chi connectivity index (χ0v) is 30.9. The Labute approximate surface area is 306 Å². The van der Waals surface area contributed by atoms with Gasteiger partial charge in [-0.1, -0.05) is 11.1 Å². The van der Waals surface area contributed by atoms with E-state index in [1.165, 1.54) is 12.1 Å². The number of aliphatic hydroxyl groups excluding tert-OH is 1. The quantitative estimate of drug-likeness (QED) is 0.0728. The average molecular weight is 727 g/mol. The predicted octanol–water partition coefficient (Wildman–Crippen LogP) is 8.60. The highest BCUT2D eigenvalue weighted by Crippen LogP contribution is 2.37. The molecule has 0 fully saturated rings. The van der Waals surface area contributed by atoms with Gasteiger partial charge in [-0.05, 0) is 104 Å². The molecule has 4 heterocycles. The fourth-order valence-electron chi connectivity index (χ4n) is 6.34. The maximum Gasteiger partial charge on any atom is 0.336 e. The molecule has 2 N–H and O–H groups in total. The van der Waals surface area contributed by atoms with E-state index in [2.05, 4.69) is 0 Å². The standard InChI is InChI=1S/C42H46O11/c1-25(15-19-49-39-27-9-13-37(44)51-33(27)23-31-29(39)17-21-47-31)7-11-35(43)42(5,6)53-36(41(3,4)46)12-8-26(2)16-20-50-40-28-10-14-38(45)52-34(28)24-32-30(40)18-22-48-32/h9-10,13-18,21-24,35-36,43,46H,7-8,11-12,19-20H2,1-6H3/t35-,36-/m1/s1. The van der Waals surface area contributed by atoms with Crippen molar-refractivity contribution in [2.45, 2.75) is 90.6 Å². The van der Waals surface area contributed by atoms with Gasteiger partial charge in [0, 0.05) is 24.3 Å². The molecule has 0 spiro atoms. The number of rotatable bonds is 16. The lowest BCUT2D eigenvalue weighted by molar-refractivity contribution is -0.188. The molecular weight excluding hydrogens is 680 g/mol. The van der Waals surface area contributed by atoms with E-state index in [4.69, 9.17) is 31.9 Å². The SMILES string of the molecule is CC(=CCOc1c2ccoc2cc2oc(=O)ccc12)CC[C@@H](O)C(C)(C)O[C@H](CCC(C)=CCOc1c2ccoc2cc2oc(=O)ccc12)C(C)(C)O. The molecule has 0 aliphatic carbocycles. The van der Waals surface area contributed by atoms with Gasteiger partial charge in [0.05, 0.1) is 57.5 Å². The molecule has 0 bridgehead atoms. The molecule has 11 heteroatoms. The average Bonchev–Trinajstić information content (AvgIpc) is 3.77. The Bertz CT molecular complexity index is 2390. The lowest BCUT2D eigenvalue weighted by Gasteiger charge is -2.39. The number of fused-ring (bicyclic) bond motifs is 4. The number of hydrogen-bond donors (Lipinski definition) is 2. The van der Waals surface area contributed by atoms with Gasteiger partial charge in [-0.15, -0.1) is 0 Å². The lowest BCUT2D eigenvalue weighted by atomic mass is 9.91. The zero-order valence-electron chi connectivity index (χ0n) is 30.9. The predicted molar refractivity (Wildman–Crippen MR) is 203 cm³/mol. The summed E-state index contributed by atoms with van der Waals surface area (Å²) in [6.07, 6.45) is 7.89. The highest BCUT2D eigenvalue weighted by atomic mass is 16.5. The Morgan fingerprint density at radius 2 is 1.15 bits per heavy atom. The number of ether oxygens (including phenoxy) is 3. The molecule has 2 aromatic carbocycles. The molecule has 6 aromatic rings. The fourth-order valence-corrected chi connectivity index (χ4v) is 6.34. The van der Waals surface area contributed by atoms with Gasteiger partial charge in [0.25, 0.3) is 0 Å². The van der Waals surface area contributed by atoms with Crippen molar-refractivity contribution in [3.8, 4) is 11.5 Å². The first-order chi connectivity index (χ1) is 25.2. The van der Waals surface area contributed by atoms with Crippen molar-refractivity contribution in [3.63, 3.8) is 0 Å². The number of hydrogen-bond acceptors (Lipinski definition) is 11. The molecule has 6 rings (SSSR count). The Morgan fingerprint density at radius 1 is 0.698 bits per heavy atom. The summed E-state index contributed by atoms with van der Waals surface area (Å²) in [7, 11) is 0. The van der Waals surface area contributed by atoms with Gasteiger partial charge in [-0.25, -0.2) is 9.59 Å². The van der Waals surface area contributed by atoms with E-state index < -0.39 is 34.7 Å². The third kappa shape index (κ3) is 8.76. The van der Waals surface area contributed by atoms with Gasteiger partial charge in [0.1, 0.15) is 47.0 Å². The van der Waals surface area contributed by atoms with Crippen molar-refractivity contribution >= 4 is 43.9 Å². The van der Waals surface area contributed by atoms with Gasteiger partial charge in [0.15, 0.2) is 0 Å². The summed E-state index contributed by atoms with van der Waals surface area (Å²) in [5.74, 6) is 1.14. The van der Waals surface area contributed by atoms with Crippen LogP contribution in [-0.4, -0.2) is 46.8 Å². The third-order valence-electron chi connectivity index (χ3n) is 9.59. The summed E-state index contributed by atoms with van der Waals surface area (Å²) in [6, 6.07) is 13.1. The molecule has 0 aliphatic rings. The monoisotopic (exact) mass is 726 g/mol. The lowest BCUT2D eigenvalue weighted by Crippen LogP contribution is -2.48. The van der Waals surface area contributed by atoms with Gasteiger partial charge >= 0.3 is 11.3 Å². The smallest absolute Gasteiger partial charge is 0.336 e. The molecule has 0 saturated heterocycles. The maximum atomic E-state index is 11.8. The number of allylic oxidation sites excluding steroid dienone is 2. The summed E-state index contributed by atoms with van der Waals surface area (Å²) < 4.78 is 40.5. The van der Waals surface area contributed by atoms with Gasteiger partial charge in [0.2, 0.25) is 0 Å². The van der Waals surface area contributed by atoms with Crippen LogP contribution in [0.25, 0.3) is 43.9 Å². The van der Waals surface area contributed by atoms with E-state index in [0.29, 0.717) is 70.3 Å². The van der Waals surface area contributed by atoms with Gasteiger partial charge in [-0.2, -0.15) is 0 Å². The highest BCUT2D eigenvalue weighted by molar-refractivity contribution is 6.02. The molecule has 0 aliphatic heterocycles. The largest absolute Gasteiger partial charge is 0.488 e. The molecule has 0 saturated carbocycles. The van der Waals surface area contributed by atoms with Crippen LogP contribution in [0.2, 0.25) is 0 Å². The second-order valence-electron chi connectivity index (χ2n) is 14.6. The zero-order chi connectivity index (χ0) is 37.9. The van der Waals surface area contributed by atoms with E-state index in [9.17, 15) is 19.8 Å². The molecule has 4 aromatic heterocycles. The van der Waals surface area contributed by atoms with Crippen LogP contribution in [0, 0.1) is 0 Å². The molecule has 11 nitrogen and oxygen atoms in total. The Morgan fingerprint density at radius 3 is 1.62 bits per heavy atom. The second-order valence-corrected chi connectivity index (χ2v) is 14.6. The van der Waals surface area contributed by atoms with E-state index in [0.717, 1.165) is 21.9 Å². The van der Waals surface area contributed by atoms with Crippen molar-refractivity contribution < 1.29 is 42.1 Å². The Kier molecular flexibility index (Phi) is 11.0. The molecule has 53 heavy (non-hydrogen) atoms. The maximum absolute atomic E-state index is 11.8. The molecule has 2 atom stereocenters. The van der Waals surface area contributed by atoms with Crippen LogP contribution in [0.1, 0.15) is 67.2 Å². The van der Waals surface area contributed by atoms with Crippen LogP contribution in [0.15, 0.2) is 112 Å². The molecular formula is C42H46O11. The van der Waals surface area contributed by atoms with E-state index in [1.807, 2.05) is 52.0 Å². The normalized spacial score (nSPS) is 14.4. The van der Waals surface area contributed by atoms with Crippen molar-refractivity contribution in [1.82, 2.24) is 0 Å². The van der Waals surface area contributed by atoms with Crippen molar-refractivity contribution in [3.05, 3.63) is 105 Å². The first-order valence-electron chi connectivity index (χ1n) is 17.7. The van der Waals surface area contributed by atoms with Crippen LogP contribution >= 0.6 is 0 Å². The van der Waals surface area contributed by atoms with Crippen LogP contribution in [0.5, 0.6) is 11.5 Å². The van der Waals surface area contributed by atoms with Crippen molar-refractivity contribution in [1.29, 1.82) is 0 Å². The van der Waals surface area contributed by atoms with Crippen LogP contribution in [-0.2, 0) is 4.74 Å². The van der Waals surface area contributed by atoms with Crippen molar-refractivity contribution in [2.24, 2.45) is 0 Å². The number of benzene rings is 2.